The molecule has 0 aliphatic rings. The molecule has 3 aromatic heterocycles. The number of rotatable bonds is 5. The summed E-state index contributed by atoms with van der Waals surface area (Å²) in [4.78, 5) is 4.68. The van der Waals surface area contributed by atoms with Crippen LogP contribution in [0.1, 0.15) is 24.9 Å². The molecule has 0 fully saturated rings. The van der Waals surface area contributed by atoms with Crippen molar-refractivity contribution < 1.29 is 4.74 Å². The van der Waals surface area contributed by atoms with Gasteiger partial charge in [0.05, 0.1) is 24.0 Å². The molecule has 0 spiro atoms. The lowest BCUT2D eigenvalue weighted by molar-refractivity contribution is 0.340. The van der Waals surface area contributed by atoms with Crippen LogP contribution in [-0.2, 0) is 0 Å². The van der Waals surface area contributed by atoms with Gasteiger partial charge in [0.15, 0.2) is 0 Å². The van der Waals surface area contributed by atoms with Gasteiger partial charge in [0.25, 0.3) is 0 Å². The minimum absolute atomic E-state index is 0.0970. The molecule has 3 heterocycles. The smallest absolute Gasteiger partial charge is 0.203 e. The van der Waals surface area contributed by atoms with E-state index in [1.165, 1.54) is 11.3 Å². The zero-order chi connectivity index (χ0) is 18.1. The quantitative estimate of drug-likeness (QED) is 0.578. The molecule has 0 saturated heterocycles. The Hall–Kier alpha value is -3.07. The molecule has 0 bridgehead atoms. The summed E-state index contributed by atoms with van der Waals surface area (Å²) in [5.41, 5.74) is 7.99. The maximum Gasteiger partial charge on any atom is 0.203 e. The van der Waals surface area contributed by atoms with E-state index in [4.69, 9.17) is 10.5 Å². The molecule has 132 valence electrons. The number of nitrogens with zero attached hydrogens (tertiary/aromatic N) is 6. The summed E-state index contributed by atoms with van der Waals surface area (Å²) < 4.78 is 7.27. The molecule has 0 aliphatic heterocycles. The predicted molar refractivity (Wildman–Crippen MR) is 100 cm³/mol. The minimum atomic E-state index is -0.0970. The standard InChI is InChI=1S/C17H17N7OS/c1-3-25-12-5-7-13-11(8-12)4-6-14(19-13)15-9-24(23-20-15)10(2)16-21-22-17(18)26-16/h4-10H,3H2,1-2H3,(H2,18,22)/t10-/m0/s1. The zero-order valence-corrected chi connectivity index (χ0v) is 15.1. The van der Waals surface area contributed by atoms with Crippen LogP contribution in [0.25, 0.3) is 22.3 Å². The number of nitrogen functional groups attached to an aromatic ring is 1. The van der Waals surface area contributed by atoms with Crippen LogP contribution in [0.3, 0.4) is 0 Å². The van der Waals surface area contributed by atoms with Gasteiger partial charge >= 0.3 is 0 Å². The number of anilines is 1. The van der Waals surface area contributed by atoms with Gasteiger partial charge in [-0.25, -0.2) is 9.67 Å². The van der Waals surface area contributed by atoms with Crippen LogP contribution in [0.5, 0.6) is 5.75 Å². The second-order valence-corrected chi connectivity index (χ2v) is 6.76. The number of aromatic nitrogens is 6. The number of ether oxygens (including phenoxy) is 1. The molecule has 26 heavy (non-hydrogen) atoms. The van der Waals surface area contributed by atoms with Crippen molar-refractivity contribution in [3.8, 4) is 17.1 Å². The average Bonchev–Trinajstić information content (AvgIpc) is 3.30. The minimum Gasteiger partial charge on any atom is -0.494 e. The Labute approximate surface area is 153 Å². The predicted octanol–water partition coefficient (Wildman–Crippen LogP) is 2.94. The number of benzene rings is 1. The number of nitrogens with two attached hydrogens (primary N) is 1. The molecule has 0 saturated carbocycles. The third-order valence-electron chi connectivity index (χ3n) is 3.95. The van der Waals surface area contributed by atoms with Gasteiger partial charge in [-0.3, -0.25) is 0 Å². The van der Waals surface area contributed by atoms with Gasteiger partial charge in [-0.2, -0.15) is 0 Å². The molecule has 2 N–H and O–H groups in total. The van der Waals surface area contributed by atoms with Gasteiger partial charge in [-0.15, -0.1) is 15.3 Å². The Bertz CT molecular complexity index is 1060. The van der Waals surface area contributed by atoms with Gasteiger partial charge in [0.1, 0.15) is 22.5 Å². The highest BCUT2D eigenvalue weighted by Gasteiger charge is 2.16. The first kappa shape index (κ1) is 16.4. The monoisotopic (exact) mass is 367 g/mol. The Morgan fingerprint density at radius 3 is 2.81 bits per heavy atom. The van der Waals surface area contributed by atoms with Crippen molar-refractivity contribution in [3.05, 3.63) is 41.5 Å². The van der Waals surface area contributed by atoms with E-state index in [-0.39, 0.29) is 6.04 Å². The van der Waals surface area contributed by atoms with E-state index in [0.717, 1.165) is 27.4 Å². The van der Waals surface area contributed by atoms with E-state index in [2.05, 4.69) is 25.5 Å². The fraction of sp³-hybridized carbons (Fsp3) is 0.235. The van der Waals surface area contributed by atoms with E-state index < -0.39 is 0 Å². The van der Waals surface area contributed by atoms with Gasteiger partial charge in [-0.05, 0) is 38.1 Å². The van der Waals surface area contributed by atoms with Crippen molar-refractivity contribution in [3.63, 3.8) is 0 Å². The summed E-state index contributed by atoms with van der Waals surface area (Å²) in [5, 5.41) is 18.6. The SMILES string of the molecule is CCOc1ccc2nc(-c3cn([C@@H](C)c4nnc(N)s4)nn3)ccc2c1. The van der Waals surface area contributed by atoms with Crippen LogP contribution in [-0.4, -0.2) is 36.8 Å². The van der Waals surface area contributed by atoms with Gasteiger partial charge in [-0.1, -0.05) is 22.6 Å². The normalized spacial score (nSPS) is 12.4. The Balaban J connectivity index is 1.63. The molecule has 1 aromatic carbocycles. The molecule has 0 radical (unpaired) electrons. The van der Waals surface area contributed by atoms with E-state index in [0.29, 0.717) is 17.4 Å². The molecule has 8 nitrogen and oxygen atoms in total. The Morgan fingerprint density at radius 2 is 2.04 bits per heavy atom. The average molecular weight is 367 g/mol. The summed E-state index contributed by atoms with van der Waals surface area (Å²) in [6, 6.07) is 9.69. The summed E-state index contributed by atoms with van der Waals surface area (Å²) in [6.45, 7) is 4.58. The van der Waals surface area contributed by atoms with Crippen LogP contribution < -0.4 is 10.5 Å². The van der Waals surface area contributed by atoms with Crippen LogP contribution in [0.2, 0.25) is 0 Å². The third kappa shape index (κ3) is 3.08. The molecule has 0 amide bonds. The van der Waals surface area contributed by atoms with E-state index in [1.807, 2.05) is 50.4 Å². The van der Waals surface area contributed by atoms with Crippen molar-refractivity contribution in [1.82, 2.24) is 30.2 Å². The maximum atomic E-state index is 5.65. The molecule has 1 atom stereocenters. The van der Waals surface area contributed by atoms with Gasteiger partial charge in [0, 0.05) is 5.39 Å². The lowest BCUT2D eigenvalue weighted by atomic mass is 10.2. The highest BCUT2D eigenvalue weighted by molar-refractivity contribution is 7.15. The molecule has 9 heteroatoms. The van der Waals surface area contributed by atoms with Crippen LogP contribution in [0, 0.1) is 0 Å². The fourth-order valence-corrected chi connectivity index (χ4v) is 3.27. The van der Waals surface area contributed by atoms with E-state index in [9.17, 15) is 0 Å². The summed E-state index contributed by atoms with van der Waals surface area (Å²) in [6.07, 6.45) is 1.85. The van der Waals surface area contributed by atoms with Crippen molar-refractivity contribution in [2.45, 2.75) is 19.9 Å². The Morgan fingerprint density at radius 1 is 1.15 bits per heavy atom. The maximum absolute atomic E-state index is 5.65. The largest absolute Gasteiger partial charge is 0.494 e. The first-order valence-electron chi connectivity index (χ1n) is 8.18. The lowest BCUT2D eigenvalue weighted by Crippen LogP contribution is -2.07. The van der Waals surface area contributed by atoms with Crippen molar-refractivity contribution in [2.24, 2.45) is 0 Å². The first-order chi connectivity index (χ1) is 12.6. The molecule has 0 unspecified atom stereocenters. The van der Waals surface area contributed by atoms with Gasteiger partial charge < -0.3 is 10.5 Å². The number of pyridine rings is 1. The lowest BCUT2D eigenvalue weighted by Gasteiger charge is -2.06. The van der Waals surface area contributed by atoms with E-state index in [1.54, 1.807) is 4.68 Å². The number of fused-ring (bicyclic) bond motifs is 1. The van der Waals surface area contributed by atoms with Crippen molar-refractivity contribution in [1.29, 1.82) is 0 Å². The summed E-state index contributed by atoms with van der Waals surface area (Å²) >= 11 is 1.34. The zero-order valence-electron chi connectivity index (χ0n) is 14.3. The van der Waals surface area contributed by atoms with E-state index >= 15 is 0 Å². The van der Waals surface area contributed by atoms with Crippen molar-refractivity contribution >= 4 is 27.4 Å². The molecule has 4 rings (SSSR count). The molecular formula is C17H17N7OS. The van der Waals surface area contributed by atoms with Crippen LogP contribution >= 0.6 is 11.3 Å². The summed E-state index contributed by atoms with van der Waals surface area (Å²) in [7, 11) is 0. The highest BCUT2D eigenvalue weighted by atomic mass is 32.1. The second-order valence-electron chi connectivity index (χ2n) is 5.72. The number of hydrogen-bond acceptors (Lipinski definition) is 8. The topological polar surface area (TPSA) is 105 Å². The van der Waals surface area contributed by atoms with Crippen LogP contribution in [0.15, 0.2) is 36.5 Å². The van der Waals surface area contributed by atoms with Crippen molar-refractivity contribution in [2.75, 3.05) is 12.3 Å². The molecule has 0 aliphatic carbocycles. The number of hydrogen-bond donors (Lipinski definition) is 1. The molecule has 4 aromatic rings. The third-order valence-corrected chi connectivity index (χ3v) is 4.88. The fourth-order valence-electron chi connectivity index (χ4n) is 2.61. The van der Waals surface area contributed by atoms with Crippen LogP contribution in [0.4, 0.5) is 5.13 Å². The summed E-state index contributed by atoms with van der Waals surface area (Å²) in [5.74, 6) is 0.839. The van der Waals surface area contributed by atoms with Gasteiger partial charge in [0.2, 0.25) is 5.13 Å². The highest BCUT2D eigenvalue weighted by Crippen LogP contribution is 2.25. The Kier molecular flexibility index (Phi) is 4.21. The second kappa shape index (κ2) is 6.68. The molecular weight excluding hydrogens is 350 g/mol. The first-order valence-corrected chi connectivity index (χ1v) is 9.00.